The molecule has 0 unspecified atom stereocenters. The molecule has 3 rings (SSSR count). The maximum absolute atomic E-state index is 12.5. The van der Waals surface area contributed by atoms with E-state index in [1.54, 1.807) is 0 Å². The van der Waals surface area contributed by atoms with Gasteiger partial charge < -0.3 is 14.5 Å². The Balaban J connectivity index is 1.65. The molecule has 4 heteroatoms. The zero-order valence-electron chi connectivity index (χ0n) is 12.2. The summed E-state index contributed by atoms with van der Waals surface area (Å²) in [6, 6.07) is 8.37. The van der Waals surface area contributed by atoms with Gasteiger partial charge in [0.1, 0.15) is 0 Å². The maximum atomic E-state index is 12.5. The lowest BCUT2D eigenvalue weighted by molar-refractivity contribution is -0.141. The highest BCUT2D eigenvalue weighted by molar-refractivity contribution is 5.82. The number of amides is 1. The van der Waals surface area contributed by atoms with Crippen molar-refractivity contribution in [2.45, 2.75) is 32.5 Å². The monoisotopic (exact) mass is 274 g/mol. The van der Waals surface area contributed by atoms with Crippen LogP contribution in [0.25, 0.3) is 0 Å². The van der Waals surface area contributed by atoms with Crippen molar-refractivity contribution < 1.29 is 9.53 Å². The highest BCUT2D eigenvalue weighted by atomic mass is 16.5. The Labute approximate surface area is 120 Å². The van der Waals surface area contributed by atoms with E-state index in [2.05, 4.69) is 23.1 Å². The zero-order valence-corrected chi connectivity index (χ0v) is 12.2. The molecule has 1 saturated heterocycles. The van der Waals surface area contributed by atoms with Crippen LogP contribution in [0, 0.1) is 0 Å². The summed E-state index contributed by atoms with van der Waals surface area (Å²) in [6.07, 6.45) is 1.31. The van der Waals surface area contributed by atoms with Gasteiger partial charge in [-0.2, -0.15) is 0 Å². The minimum absolute atomic E-state index is 0.133. The van der Waals surface area contributed by atoms with Crippen molar-refractivity contribution in [1.82, 2.24) is 4.90 Å². The molecule has 2 atom stereocenters. The first-order valence-corrected chi connectivity index (χ1v) is 7.39. The lowest BCUT2D eigenvalue weighted by Gasteiger charge is -2.36. The van der Waals surface area contributed by atoms with Gasteiger partial charge in [0.15, 0.2) is 0 Å². The van der Waals surface area contributed by atoms with Crippen LogP contribution in [0.3, 0.4) is 0 Å². The quantitative estimate of drug-likeness (QED) is 0.822. The molecule has 2 aliphatic heterocycles. The third-order valence-corrected chi connectivity index (χ3v) is 4.08. The van der Waals surface area contributed by atoms with Crippen LogP contribution in [0.15, 0.2) is 24.3 Å². The Morgan fingerprint density at radius 1 is 1.25 bits per heavy atom. The summed E-state index contributed by atoms with van der Waals surface area (Å²) in [5.41, 5.74) is 2.57. The third kappa shape index (κ3) is 2.66. The number of fused-ring (bicyclic) bond motifs is 1. The minimum Gasteiger partial charge on any atom is -0.372 e. The molecule has 1 fully saturated rings. The average molecular weight is 274 g/mol. The molecule has 108 valence electrons. The van der Waals surface area contributed by atoms with Crippen LogP contribution in [-0.4, -0.2) is 49.2 Å². The summed E-state index contributed by atoms with van der Waals surface area (Å²) in [5.74, 6) is 0.212. The molecule has 1 aromatic rings. The first-order valence-electron chi connectivity index (χ1n) is 7.39. The predicted octanol–water partition coefficient (Wildman–Crippen LogP) is 1.68. The second-order valence-corrected chi connectivity index (χ2v) is 5.86. The summed E-state index contributed by atoms with van der Waals surface area (Å²) in [6.45, 7) is 6.90. The van der Waals surface area contributed by atoms with Gasteiger partial charge in [0.2, 0.25) is 5.91 Å². The molecule has 1 amide bonds. The van der Waals surface area contributed by atoms with E-state index in [9.17, 15) is 4.79 Å². The normalized spacial score (nSPS) is 25.7. The summed E-state index contributed by atoms with van der Waals surface area (Å²) >= 11 is 0. The Morgan fingerprint density at radius 2 is 1.95 bits per heavy atom. The Morgan fingerprint density at radius 3 is 2.70 bits per heavy atom. The van der Waals surface area contributed by atoms with E-state index in [1.807, 2.05) is 24.8 Å². The summed E-state index contributed by atoms with van der Waals surface area (Å²) in [7, 11) is 0. The third-order valence-electron chi connectivity index (χ3n) is 4.08. The molecule has 0 aromatic heterocycles. The maximum Gasteiger partial charge on any atom is 0.242 e. The molecular weight excluding hydrogens is 252 g/mol. The van der Waals surface area contributed by atoms with Gasteiger partial charge >= 0.3 is 0 Å². The van der Waals surface area contributed by atoms with Crippen LogP contribution in [0.5, 0.6) is 0 Å². The van der Waals surface area contributed by atoms with E-state index in [4.69, 9.17) is 4.74 Å². The van der Waals surface area contributed by atoms with Crippen LogP contribution < -0.4 is 4.90 Å². The molecule has 4 nitrogen and oxygen atoms in total. The predicted molar refractivity (Wildman–Crippen MR) is 78.9 cm³/mol. The van der Waals surface area contributed by atoms with E-state index in [0.29, 0.717) is 19.6 Å². The van der Waals surface area contributed by atoms with Crippen molar-refractivity contribution in [3.63, 3.8) is 0 Å². The number of rotatable bonds is 2. The van der Waals surface area contributed by atoms with Gasteiger partial charge in [-0.15, -0.1) is 0 Å². The van der Waals surface area contributed by atoms with E-state index >= 15 is 0 Å². The van der Waals surface area contributed by atoms with Gasteiger partial charge in [0.25, 0.3) is 0 Å². The second-order valence-electron chi connectivity index (χ2n) is 5.86. The number of nitrogens with zero attached hydrogens (tertiary/aromatic N) is 2. The molecule has 0 bridgehead atoms. The molecule has 2 aliphatic rings. The van der Waals surface area contributed by atoms with Crippen LogP contribution in [-0.2, 0) is 16.0 Å². The molecule has 0 radical (unpaired) electrons. The van der Waals surface area contributed by atoms with Crippen LogP contribution in [0.1, 0.15) is 19.4 Å². The minimum atomic E-state index is 0.133. The Bertz CT molecular complexity index is 493. The molecule has 20 heavy (non-hydrogen) atoms. The largest absolute Gasteiger partial charge is 0.372 e. The van der Waals surface area contributed by atoms with Crippen molar-refractivity contribution in [3.8, 4) is 0 Å². The molecule has 0 N–H and O–H groups in total. The van der Waals surface area contributed by atoms with Crippen LogP contribution in [0.4, 0.5) is 5.69 Å². The fraction of sp³-hybridized carbons (Fsp3) is 0.562. The van der Waals surface area contributed by atoms with E-state index in [-0.39, 0.29) is 18.1 Å². The highest BCUT2D eigenvalue weighted by Crippen LogP contribution is 2.27. The van der Waals surface area contributed by atoms with Crippen LogP contribution in [0.2, 0.25) is 0 Å². The van der Waals surface area contributed by atoms with Crippen molar-refractivity contribution in [1.29, 1.82) is 0 Å². The highest BCUT2D eigenvalue weighted by Gasteiger charge is 2.28. The van der Waals surface area contributed by atoms with Crippen molar-refractivity contribution in [2.24, 2.45) is 0 Å². The number of ether oxygens (including phenoxy) is 1. The lowest BCUT2D eigenvalue weighted by Crippen LogP contribution is -2.51. The van der Waals surface area contributed by atoms with Gasteiger partial charge in [0.05, 0.1) is 18.8 Å². The SMILES string of the molecule is C[C@@H]1CN(C(=O)CN2CCc3ccccc32)C[C@@H](C)O1. The second kappa shape index (κ2) is 5.44. The zero-order chi connectivity index (χ0) is 14.1. The molecule has 1 aromatic carbocycles. The molecule has 0 saturated carbocycles. The number of para-hydroxylation sites is 1. The molecule has 0 spiro atoms. The molecular formula is C16H22N2O2. The fourth-order valence-corrected chi connectivity index (χ4v) is 3.22. The number of carbonyl (C=O) groups is 1. The van der Waals surface area contributed by atoms with Gasteiger partial charge in [-0.3, -0.25) is 4.79 Å². The number of morpholine rings is 1. The van der Waals surface area contributed by atoms with Gasteiger partial charge in [-0.05, 0) is 31.9 Å². The van der Waals surface area contributed by atoms with E-state index < -0.39 is 0 Å². The van der Waals surface area contributed by atoms with Crippen LogP contribution >= 0.6 is 0 Å². The van der Waals surface area contributed by atoms with Gasteiger partial charge in [-0.1, -0.05) is 18.2 Å². The number of hydrogen-bond acceptors (Lipinski definition) is 3. The average Bonchev–Trinajstić information content (AvgIpc) is 2.81. The number of benzene rings is 1. The first kappa shape index (κ1) is 13.4. The number of carbonyl (C=O) groups excluding carboxylic acids is 1. The Kier molecular flexibility index (Phi) is 3.66. The van der Waals surface area contributed by atoms with Crippen molar-refractivity contribution in [2.75, 3.05) is 31.1 Å². The fourth-order valence-electron chi connectivity index (χ4n) is 3.22. The first-order chi connectivity index (χ1) is 9.63. The summed E-state index contributed by atoms with van der Waals surface area (Å²) in [5, 5.41) is 0. The smallest absolute Gasteiger partial charge is 0.242 e. The van der Waals surface area contributed by atoms with Gasteiger partial charge in [-0.25, -0.2) is 0 Å². The molecule has 0 aliphatic carbocycles. The summed E-state index contributed by atoms with van der Waals surface area (Å²) < 4.78 is 5.69. The number of hydrogen-bond donors (Lipinski definition) is 0. The molecule has 2 heterocycles. The topological polar surface area (TPSA) is 32.8 Å². The lowest BCUT2D eigenvalue weighted by atomic mass is 10.2. The number of anilines is 1. The summed E-state index contributed by atoms with van der Waals surface area (Å²) in [4.78, 5) is 16.6. The standard InChI is InChI=1S/C16H22N2O2/c1-12-9-18(10-13(2)20-12)16(19)11-17-8-7-14-5-3-4-6-15(14)17/h3-6,12-13H,7-11H2,1-2H3/t12-,13-/m1/s1. The van der Waals surface area contributed by atoms with Crippen molar-refractivity contribution in [3.05, 3.63) is 29.8 Å². The van der Waals surface area contributed by atoms with E-state index in [1.165, 1.54) is 11.3 Å². The van der Waals surface area contributed by atoms with E-state index in [0.717, 1.165) is 13.0 Å². The Hall–Kier alpha value is -1.55. The van der Waals surface area contributed by atoms with Gasteiger partial charge in [0, 0.05) is 25.3 Å². The van der Waals surface area contributed by atoms with Crippen molar-refractivity contribution >= 4 is 11.6 Å².